The first-order valence-electron chi connectivity index (χ1n) is 6.57. The highest BCUT2D eigenvalue weighted by atomic mass is 32.1. The predicted octanol–water partition coefficient (Wildman–Crippen LogP) is 1.71. The molecule has 1 aromatic carbocycles. The first kappa shape index (κ1) is 12.9. The number of rotatable bonds is 1. The van der Waals surface area contributed by atoms with Crippen molar-refractivity contribution in [1.82, 2.24) is 14.3 Å². The van der Waals surface area contributed by atoms with Gasteiger partial charge in [0.05, 0.1) is 23.7 Å². The largest absolute Gasteiger partial charge is 0.305 e. The lowest BCUT2D eigenvalue weighted by Gasteiger charge is -2.12. The van der Waals surface area contributed by atoms with Gasteiger partial charge < -0.3 is 4.57 Å². The van der Waals surface area contributed by atoms with Gasteiger partial charge in [0.15, 0.2) is 5.78 Å². The number of carbonyl (C=O) groups excluding carboxylic acids is 3. The number of fused-ring (bicyclic) bond motifs is 3. The summed E-state index contributed by atoms with van der Waals surface area (Å²) in [6.07, 6.45) is 2.96. The van der Waals surface area contributed by atoms with Crippen LogP contribution in [0.1, 0.15) is 6.42 Å². The summed E-state index contributed by atoms with van der Waals surface area (Å²) in [4.78, 5) is 36.0. The zero-order chi connectivity index (χ0) is 15.3. The first-order valence-corrected chi connectivity index (χ1v) is 7.35. The molecule has 0 saturated carbocycles. The molecule has 0 radical (unpaired) electrons. The van der Waals surface area contributed by atoms with E-state index in [0.717, 1.165) is 21.1 Å². The number of hydrogen-bond acceptors (Lipinski definition) is 5. The lowest BCUT2D eigenvalue weighted by molar-refractivity contribution is -0.134. The molecule has 3 aromatic rings. The van der Waals surface area contributed by atoms with E-state index in [4.69, 9.17) is 0 Å². The van der Waals surface area contributed by atoms with Crippen molar-refractivity contribution in [3.8, 4) is 0 Å². The zero-order valence-electron chi connectivity index (χ0n) is 11.2. The Balaban J connectivity index is 1.98. The highest BCUT2D eigenvalue weighted by Crippen LogP contribution is 2.31. The van der Waals surface area contributed by atoms with Gasteiger partial charge in [0, 0.05) is 17.0 Å². The Kier molecular flexibility index (Phi) is 2.70. The fourth-order valence-electron chi connectivity index (χ4n) is 2.61. The van der Waals surface area contributed by atoms with Crippen molar-refractivity contribution in [2.24, 2.45) is 0 Å². The van der Waals surface area contributed by atoms with E-state index in [9.17, 15) is 14.4 Å². The van der Waals surface area contributed by atoms with Crippen LogP contribution in [0.5, 0.6) is 0 Å². The Morgan fingerprint density at radius 3 is 2.82 bits per heavy atom. The maximum absolute atomic E-state index is 12.0. The summed E-state index contributed by atoms with van der Waals surface area (Å²) in [5.41, 5.74) is 0.867. The Morgan fingerprint density at radius 1 is 1.18 bits per heavy atom. The maximum Gasteiger partial charge on any atom is 0.262 e. The number of ketones is 1. The molecule has 2 aromatic heterocycles. The van der Waals surface area contributed by atoms with Crippen LogP contribution in [0.15, 0.2) is 36.0 Å². The normalized spacial score (nSPS) is 17.6. The second-order valence-corrected chi connectivity index (χ2v) is 5.73. The van der Waals surface area contributed by atoms with E-state index >= 15 is 0 Å². The monoisotopic (exact) mass is 311 g/mol. The Labute approximate surface area is 128 Å². The van der Waals surface area contributed by atoms with E-state index in [1.165, 1.54) is 17.7 Å². The number of imide groups is 1. The lowest BCUT2D eigenvalue weighted by Crippen LogP contribution is -2.41. The molecule has 1 saturated heterocycles. The van der Waals surface area contributed by atoms with Crippen LogP contribution in [0, 0.1) is 0 Å². The van der Waals surface area contributed by atoms with Gasteiger partial charge in [-0.3, -0.25) is 19.7 Å². The van der Waals surface area contributed by atoms with Gasteiger partial charge in [0.1, 0.15) is 4.83 Å². The van der Waals surface area contributed by atoms with E-state index < -0.39 is 17.6 Å². The lowest BCUT2D eigenvalue weighted by atomic mass is 10.0. The minimum absolute atomic E-state index is 0.0179. The van der Waals surface area contributed by atoms with Crippen LogP contribution >= 0.6 is 11.5 Å². The maximum atomic E-state index is 12.0. The minimum Gasteiger partial charge on any atom is -0.305 e. The summed E-state index contributed by atoms with van der Waals surface area (Å²) in [7, 11) is 0. The molecule has 2 amide bonds. The minimum atomic E-state index is -0.656. The third kappa shape index (κ3) is 1.79. The Bertz CT molecular complexity index is 974. The molecule has 22 heavy (non-hydrogen) atoms. The molecule has 1 aliphatic rings. The molecule has 0 aliphatic carbocycles. The van der Waals surface area contributed by atoms with E-state index in [-0.39, 0.29) is 12.0 Å². The predicted molar refractivity (Wildman–Crippen MR) is 82.2 cm³/mol. The van der Waals surface area contributed by atoms with Crippen LogP contribution in [0.3, 0.4) is 0 Å². The third-order valence-corrected chi connectivity index (χ3v) is 4.40. The number of hydrogen-bond donors (Lipinski definition) is 1. The molecular formula is C15H9N3O3S. The molecule has 0 spiro atoms. The Morgan fingerprint density at radius 2 is 2.00 bits per heavy atom. The number of benzene rings is 1. The number of para-hydroxylation sites is 1. The summed E-state index contributed by atoms with van der Waals surface area (Å²) < 4.78 is 5.95. The van der Waals surface area contributed by atoms with Gasteiger partial charge in [-0.05, 0) is 17.6 Å². The highest BCUT2D eigenvalue weighted by Gasteiger charge is 2.29. The number of nitrogens with one attached hydrogen (secondary N) is 1. The number of Topliss-reactive ketones (excluding diaryl/α,β-unsaturated/α-hetero) is 1. The van der Waals surface area contributed by atoms with Gasteiger partial charge in [-0.2, -0.15) is 4.37 Å². The SMILES string of the molecule is O=C1CC(=O)/C(=C\n2c3ccccc3c3cnsc32)C(=O)N1. The molecule has 3 heterocycles. The number of piperidine rings is 1. The number of nitrogens with zero attached hydrogens (tertiary/aromatic N) is 2. The molecule has 1 aliphatic heterocycles. The quantitative estimate of drug-likeness (QED) is 0.321. The van der Waals surface area contributed by atoms with E-state index in [1.807, 2.05) is 24.3 Å². The van der Waals surface area contributed by atoms with Crippen molar-refractivity contribution in [2.75, 3.05) is 0 Å². The van der Waals surface area contributed by atoms with Crippen LogP contribution < -0.4 is 5.32 Å². The molecule has 0 unspecified atom stereocenters. The second kappa shape index (κ2) is 4.60. The molecule has 1 N–H and O–H groups in total. The van der Waals surface area contributed by atoms with Crippen LogP contribution in [0.25, 0.3) is 27.3 Å². The number of aromatic nitrogens is 2. The van der Waals surface area contributed by atoms with Crippen molar-refractivity contribution < 1.29 is 14.4 Å². The van der Waals surface area contributed by atoms with Gasteiger partial charge in [0.2, 0.25) is 5.91 Å². The molecule has 0 bridgehead atoms. The van der Waals surface area contributed by atoms with Crippen molar-refractivity contribution in [1.29, 1.82) is 0 Å². The van der Waals surface area contributed by atoms with Crippen molar-refractivity contribution in [3.63, 3.8) is 0 Å². The van der Waals surface area contributed by atoms with Gasteiger partial charge >= 0.3 is 0 Å². The van der Waals surface area contributed by atoms with Gasteiger partial charge in [-0.1, -0.05) is 18.2 Å². The third-order valence-electron chi connectivity index (χ3n) is 3.60. The van der Waals surface area contributed by atoms with Crippen molar-refractivity contribution in [3.05, 3.63) is 36.0 Å². The average molecular weight is 311 g/mol. The molecular weight excluding hydrogens is 302 g/mol. The molecule has 0 atom stereocenters. The molecule has 6 nitrogen and oxygen atoms in total. The molecule has 1 fully saturated rings. The van der Waals surface area contributed by atoms with Crippen LogP contribution in [-0.4, -0.2) is 26.5 Å². The van der Waals surface area contributed by atoms with Crippen LogP contribution in [0.4, 0.5) is 0 Å². The fraction of sp³-hybridized carbons (Fsp3) is 0.0667. The van der Waals surface area contributed by atoms with Gasteiger partial charge in [0.25, 0.3) is 5.91 Å². The number of amides is 2. The summed E-state index contributed by atoms with van der Waals surface area (Å²) in [6, 6.07) is 7.69. The molecule has 7 heteroatoms. The summed E-state index contributed by atoms with van der Waals surface area (Å²) in [6.45, 7) is 0. The zero-order valence-corrected chi connectivity index (χ0v) is 12.0. The van der Waals surface area contributed by atoms with E-state index in [2.05, 4.69) is 9.69 Å². The van der Waals surface area contributed by atoms with Crippen molar-refractivity contribution in [2.45, 2.75) is 6.42 Å². The second-order valence-electron chi connectivity index (χ2n) is 4.95. The first-order chi connectivity index (χ1) is 10.6. The van der Waals surface area contributed by atoms with Gasteiger partial charge in [-0.25, -0.2) is 0 Å². The summed E-state index contributed by atoms with van der Waals surface area (Å²) in [5.74, 6) is -1.69. The van der Waals surface area contributed by atoms with Crippen LogP contribution in [0.2, 0.25) is 0 Å². The summed E-state index contributed by atoms with van der Waals surface area (Å²) >= 11 is 1.29. The topological polar surface area (TPSA) is 81.1 Å². The molecule has 4 rings (SSSR count). The van der Waals surface area contributed by atoms with Crippen LogP contribution in [-0.2, 0) is 14.4 Å². The molecule has 108 valence electrons. The standard InChI is InChI=1S/C15H9N3O3S/c19-12-5-13(20)17-14(21)10(12)7-18-11-4-2-1-3-8(11)9-6-16-22-15(9)18/h1-4,6-7H,5H2,(H,17,20,21)/b10-7+. The Hall–Kier alpha value is -2.80. The smallest absolute Gasteiger partial charge is 0.262 e. The highest BCUT2D eigenvalue weighted by molar-refractivity contribution is 7.13. The number of carbonyl (C=O) groups is 3. The van der Waals surface area contributed by atoms with E-state index in [0.29, 0.717) is 0 Å². The van der Waals surface area contributed by atoms with Gasteiger partial charge in [-0.15, -0.1) is 0 Å². The average Bonchev–Trinajstić information content (AvgIpc) is 3.04. The fourth-order valence-corrected chi connectivity index (χ4v) is 3.36. The van der Waals surface area contributed by atoms with Crippen molar-refractivity contribution >= 4 is 56.4 Å². The van der Waals surface area contributed by atoms with E-state index in [1.54, 1.807) is 10.8 Å². The summed E-state index contributed by atoms with van der Waals surface area (Å²) in [5, 5.41) is 4.14.